The molecule has 1 aromatic heterocycles. The van der Waals surface area contributed by atoms with Crippen molar-refractivity contribution in [3.8, 4) is 5.69 Å². The van der Waals surface area contributed by atoms with E-state index < -0.39 is 0 Å². The molecule has 0 bridgehead atoms. The molecule has 26 heavy (non-hydrogen) atoms. The maximum Gasteiger partial charge on any atom is 0.0991 e. The standard InChI is InChI=1S/C22H28N4/c1-4-18-5-9-20(10-6-18)22(25(2)3)16-24-15-19-7-11-21(12-8-19)26-14-13-23-17-26/h5-14,17,22,24H,4,15-16H2,1-3H3. The van der Waals surface area contributed by atoms with Crippen LogP contribution in [-0.2, 0) is 13.0 Å². The second kappa shape index (κ2) is 8.79. The lowest BCUT2D eigenvalue weighted by atomic mass is 10.0. The molecule has 2 aromatic carbocycles. The molecule has 0 aliphatic carbocycles. The third-order valence-corrected chi connectivity index (χ3v) is 4.80. The molecule has 3 aromatic rings. The van der Waals surface area contributed by atoms with E-state index >= 15 is 0 Å². The van der Waals surface area contributed by atoms with Gasteiger partial charge in [-0.1, -0.05) is 43.3 Å². The Morgan fingerprint density at radius 2 is 1.69 bits per heavy atom. The highest BCUT2D eigenvalue weighted by atomic mass is 15.1. The fraction of sp³-hybridized carbons (Fsp3) is 0.318. The summed E-state index contributed by atoms with van der Waals surface area (Å²) in [6, 6.07) is 18.0. The third-order valence-electron chi connectivity index (χ3n) is 4.80. The Labute approximate surface area is 156 Å². The number of likely N-dealkylation sites (N-methyl/N-ethyl adjacent to an activating group) is 1. The second-order valence-corrected chi connectivity index (χ2v) is 6.84. The van der Waals surface area contributed by atoms with E-state index in [4.69, 9.17) is 0 Å². The molecular formula is C22H28N4. The van der Waals surface area contributed by atoms with Crippen LogP contribution in [0.15, 0.2) is 67.3 Å². The first-order valence-corrected chi connectivity index (χ1v) is 9.20. The van der Waals surface area contributed by atoms with Gasteiger partial charge in [-0.2, -0.15) is 0 Å². The summed E-state index contributed by atoms with van der Waals surface area (Å²) in [7, 11) is 4.28. The molecule has 0 aliphatic rings. The Morgan fingerprint density at radius 1 is 1.00 bits per heavy atom. The van der Waals surface area contributed by atoms with Crippen LogP contribution in [0, 0.1) is 0 Å². The first-order valence-electron chi connectivity index (χ1n) is 9.20. The minimum absolute atomic E-state index is 0.367. The first kappa shape index (κ1) is 18.4. The molecule has 0 amide bonds. The predicted molar refractivity (Wildman–Crippen MR) is 108 cm³/mol. The number of rotatable bonds is 8. The normalized spacial score (nSPS) is 12.5. The summed E-state index contributed by atoms with van der Waals surface area (Å²) in [5, 5.41) is 3.60. The van der Waals surface area contributed by atoms with Crippen molar-refractivity contribution in [2.75, 3.05) is 20.6 Å². The average molecular weight is 348 g/mol. The van der Waals surface area contributed by atoms with Gasteiger partial charge in [0.05, 0.1) is 6.33 Å². The Kier molecular flexibility index (Phi) is 6.21. The smallest absolute Gasteiger partial charge is 0.0991 e. The van der Waals surface area contributed by atoms with Crippen LogP contribution in [0.1, 0.15) is 29.7 Å². The predicted octanol–water partition coefficient (Wildman–Crippen LogP) is 3.83. The van der Waals surface area contributed by atoms with Crippen molar-refractivity contribution >= 4 is 0 Å². The number of aryl methyl sites for hydroxylation is 1. The van der Waals surface area contributed by atoms with Gasteiger partial charge in [0.1, 0.15) is 0 Å². The zero-order valence-corrected chi connectivity index (χ0v) is 15.9. The van der Waals surface area contributed by atoms with Crippen LogP contribution in [0.5, 0.6) is 0 Å². The fourth-order valence-electron chi connectivity index (χ4n) is 3.13. The molecule has 4 nitrogen and oxygen atoms in total. The van der Waals surface area contributed by atoms with Crippen LogP contribution in [0.25, 0.3) is 5.69 Å². The van der Waals surface area contributed by atoms with Crippen molar-refractivity contribution in [2.45, 2.75) is 25.9 Å². The molecule has 0 spiro atoms. The van der Waals surface area contributed by atoms with E-state index in [2.05, 4.69) is 84.8 Å². The molecule has 0 radical (unpaired) electrons. The van der Waals surface area contributed by atoms with E-state index in [0.29, 0.717) is 6.04 Å². The molecule has 1 atom stereocenters. The van der Waals surface area contributed by atoms with Gasteiger partial charge in [-0.15, -0.1) is 0 Å². The van der Waals surface area contributed by atoms with Gasteiger partial charge in [0.25, 0.3) is 0 Å². The summed E-state index contributed by atoms with van der Waals surface area (Å²) in [4.78, 5) is 6.37. The van der Waals surface area contributed by atoms with E-state index in [9.17, 15) is 0 Å². The number of nitrogens with one attached hydrogen (secondary N) is 1. The average Bonchev–Trinajstić information content (AvgIpc) is 3.20. The minimum atomic E-state index is 0.367. The van der Waals surface area contributed by atoms with Gasteiger partial charge in [0, 0.05) is 37.2 Å². The quantitative estimate of drug-likeness (QED) is 0.672. The Balaban J connectivity index is 1.57. The van der Waals surface area contributed by atoms with E-state index in [1.54, 1.807) is 6.20 Å². The molecular weight excluding hydrogens is 320 g/mol. The molecule has 136 valence electrons. The van der Waals surface area contributed by atoms with Gasteiger partial charge >= 0.3 is 0 Å². The van der Waals surface area contributed by atoms with E-state index in [0.717, 1.165) is 25.2 Å². The molecule has 1 unspecified atom stereocenters. The van der Waals surface area contributed by atoms with Crippen LogP contribution < -0.4 is 5.32 Å². The first-order chi connectivity index (χ1) is 12.7. The van der Waals surface area contributed by atoms with Crippen LogP contribution in [0.2, 0.25) is 0 Å². The van der Waals surface area contributed by atoms with Gasteiger partial charge in [-0.05, 0) is 49.3 Å². The second-order valence-electron chi connectivity index (χ2n) is 6.84. The van der Waals surface area contributed by atoms with Crippen LogP contribution >= 0.6 is 0 Å². The van der Waals surface area contributed by atoms with E-state index in [1.165, 1.54) is 16.7 Å². The van der Waals surface area contributed by atoms with Crippen LogP contribution in [-0.4, -0.2) is 35.1 Å². The summed E-state index contributed by atoms with van der Waals surface area (Å²) >= 11 is 0. The molecule has 4 heteroatoms. The Bertz CT molecular complexity index is 774. The van der Waals surface area contributed by atoms with Crippen molar-refractivity contribution < 1.29 is 0 Å². The highest BCUT2D eigenvalue weighted by molar-refractivity contribution is 5.34. The number of imidazole rings is 1. The highest BCUT2D eigenvalue weighted by Gasteiger charge is 2.13. The summed E-state index contributed by atoms with van der Waals surface area (Å²) < 4.78 is 2.01. The molecule has 3 rings (SSSR count). The maximum absolute atomic E-state index is 4.09. The topological polar surface area (TPSA) is 33.1 Å². The monoisotopic (exact) mass is 348 g/mol. The summed E-state index contributed by atoms with van der Waals surface area (Å²) in [6.45, 7) is 3.97. The van der Waals surface area contributed by atoms with Gasteiger partial charge in [-0.25, -0.2) is 4.98 Å². The lowest BCUT2D eigenvalue weighted by molar-refractivity contribution is 0.288. The molecule has 1 heterocycles. The van der Waals surface area contributed by atoms with Crippen molar-refractivity contribution in [1.29, 1.82) is 0 Å². The molecule has 0 aliphatic heterocycles. The largest absolute Gasteiger partial charge is 0.311 e. The fourth-order valence-corrected chi connectivity index (χ4v) is 3.13. The Morgan fingerprint density at radius 3 is 2.27 bits per heavy atom. The zero-order valence-electron chi connectivity index (χ0n) is 15.9. The minimum Gasteiger partial charge on any atom is -0.311 e. The van der Waals surface area contributed by atoms with Crippen molar-refractivity contribution in [2.24, 2.45) is 0 Å². The maximum atomic E-state index is 4.09. The lowest BCUT2D eigenvalue weighted by Gasteiger charge is -2.25. The SMILES string of the molecule is CCc1ccc(C(CNCc2ccc(-n3ccnc3)cc2)N(C)C)cc1. The third kappa shape index (κ3) is 4.59. The van der Waals surface area contributed by atoms with Gasteiger partial charge in [-0.3, -0.25) is 0 Å². The number of benzene rings is 2. The molecule has 1 N–H and O–H groups in total. The van der Waals surface area contributed by atoms with Gasteiger partial charge < -0.3 is 14.8 Å². The number of nitrogens with zero attached hydrogens (tertiary/aromatic N) is 3. The van der Waals surface area contributed by atoms with Gasteiger partial charge in [0.15, 0.2) is 0 Å². The molecule has 0 saturated heterocycles. The van der Waals surface area contributed by atoms with E-state index in [-0.39, 0.29) is 0 Å². The summed E-state index contributed by atoms with van der Waals surface area (Å²) in [5.74, 6) is 0. The number of aromatic nitrogens is 2. The highest BCUT2D eigenvalue weighted by Crippen LogP contribution is 2.18. The van der Waals surface area contributed by atoms with Crippen LogP contribution in [0.4, 0.5) is 0 Å². The van der Waals surface area contributed by atoms with E-state index in [1.807, 2.05) is 17.1 Å². The summed E-state index contributed by atoms with van der Waals surface area (Å²) in [5.41, 5.74) is 5.16. The molecule has 0 saturated carbocycles. The van der Waals surface area contributed by atoms with Crippen molar-refractivity contribution in [1.82, 2.24) is 19.8 Å². The zero-order chi connectivity index (χ0) is 18.4. The lowest BCUT2D eigenvalue weighted by Crippen LogP contribution is -2.30. The number of hydrogen-bond donors (Lipinski definition) is 1. The molecule has 0 fully saturated rings. The number of hydrogen-bond acceptors (Lipinski definition) is 3. The van der Waals surface area contributed by atoms with Crippen molar-refractivity contribution in [3.63, 3.8) is 0 Å². The van der Waals surface area contributed by atoms with Crippen LogP contribution in [0.3, 0.4) is 0 Å². The summed E-state index contributed by atoms with van der Waals surface area (Å²) in [6.07, 6.45) is 6.65. The van der Waals surface area contributed by atoms with Crippen molar-refractivity contribution in [3.05, 3.63) is 83.9 Å². The van der Waals surface area contributed by atoms with Gasteiger partial charge in [0.2, 0.25) is 0 Å². The Hall–Kier alpha value is -2.43.